The lowest BCUT2D eigenvalue weighted by Crippen LogP contribution is -2.11. The van der Waals surface area contributed by atoms with E-state index in [1.807, 2.05) is 13.0 Å². The summed E-state index contributed by atoms with van der Waals surface area (Å²) >= 11 is 13.3. The predicted octanol–water partition coefficient (Wildman–Crippen LogP) is 7.11. The third-order valence-electron chi connectivity index (χ3n) is 5.46. The van der Waals surface area contributed by atoms with Gasteiger partial charge in [0.15, 0.2) is 16.7 Å². The van der Waals surface area contributed by atoms with Crippen molar-refractivity contribution in [2.45, 2.75) is 30.9 Å². The van der Waals surface area contributed by atoms with Crippen molar-refractivity contribution in [3.8, 4) is 17.2 Å². The first-order valence-corrected chi connectivity index (χ1v) is 13.2. The Balaban J connectivity index is 1.61. The van der Waals surface area contributed by atoms with Gasteiger partial charge in [-0.1, -0.05) is 47.1 Å². The zero-order valence-corrected chi connectivity index (χ0v) is 22.8. The minimum atomic E-state index is -0.615. The minimum absolute atomic E-state index is 0.226. The molecule has 3 aromatic carbocycles. The van der Waals surface area contributed by atoms with E-state index in [1.54, 1.807) is 54.0 Å². The van der Waals surface area contributed by atoms with E-state index in [-0.39, 0.29) is 23.9 Å². The molecule has 0 amide bonds. The van der Waals surface area contributed by atoms with Crippen LogP contribution >= 0.6 is 35.0 Å². The van der Waals surface area contributed by atoms with Gasteiger partial charge in [-0.15, -0.1) is 10.2 Å². The first kappa shape index (κ1) is 27.7. The van der Waals surface area contributed by atoms with Crippen LogP contribution in [0.1, 0.15) is 29.1 Å². The molecule has 1 heterocycles. The maximum Gasteiger partial charge on any atom is 0.220 e. The Bertz CT molecular complexity index is 1440. The highest BCUT2D eigenvalue weighted by molar-refractivity contribution is 7.99. The molecule has 0 spiro atoms. The smallest absolute Gasteiger partial charge is 0.220 e. The second kappa shape index (κ2) is 12.5. The van der Waals surface area contributed by atoms with E-state index in [1.165, 1.54) is 23.9 Å². The van der Waals surface area contributed by atoms with Gasteiger partial charge >= 0.3 is 0 Å². The van der Waals surface area contributed by atoms with Crippen LogP contribution in [0.5, 0.6) is 11.5 Å². The Morgan fingerprint density at radius 1 is 1.03 bits per heavy atom. The standard InChI is InChI=1S/C26H23Cl2FN4O4S/c1-3-36-24-13-18(5-11-23(24)37-15-17-4-10-21(27)22(28)12-17)25(14-32(34)35)38-26-31-30-16(2)33(26)20-8-6-19(29)7-9-20/h4-13,25H,3,14-15H2,1-2H3/t25-/m1/s1. The topological polar surface area (TPSA) is 92.3 Å². The van der Waals surface area contributed by atoms with E-state index in [9.17, 15) is 14.5 Å². The highest BCUT2D eigenvalue weighted by atomic mass is 35.5. The Morgan fingerprint density at radius 2 is 1.79 bits per heavy atom. The molecule has 0 aliphatic rings. The number of benzene rings is 3. The van der Waals surface area contributed by atoms with E-state index >= 15 is 0 Å². The average molecular weight is 577 g/mol. The van der Waals surface area contributed by atoms with Crippen molar-refractivity contribution < 1.29 is 18.8 Å². The molecule has 0 saturated heterocycles. The van der Waals surface area contributed by atoms with Gasteiger partial charge < -0.3 is 9.47 Å². The summed E-state index contributed by atoms with van der Waals surface area (Å²) in [4.78, 5) is 11.2. The Hall–Kier alpha value is -3.34. The van der Waals surface area contributed by atoms with Crippen molar-refractivity contribution in [1.29, 1.82) is 0 Å². The molecular formula is C26H23Cl2FN4O4S. The number of halogens is 3. The summed E-state index contributed by atoms with van der Waals surface area (Å²) in [5, 5.41) is 20.7. The van der Waals surface area contributed by atoms with Gasteiger partial charge in [0, 0.05) is 10.6 Å². The quantitative estimate of drug-likeness (QED) is 0.107. The normalized spacial score (nSPS) is 11.8. The van der Waals surface area contributed by atoms with Gasteiger partial charge in [0.1, 0.15) is 23.5 Å². The third-order valence-corrected chi connectivity index (χ3v) is 7.38. The van der Waals surface area contributed by atoms with Crippen molar-refractivity contribution in [1.82, 2.24) is 14.8 Å². The van der Waals surface area contributed by atoms with Crippen LogP contribution in [0.2, 0.25) is 10.0 Å². The summed E-state index contributed by atoms with van der Waals surface area (Å²) < 4.78 is 27.0. The maximum absolute atomic E-state index is 13.5. The van der Waals surface area contributed by atoms with E-state index in [0.29, 0.717) is 50.4 Å². The van der Waals surface area contributed by atoms with Crippen LogP contribution in [0, 0.1) is 22.9 Å². The number of nitrogens with zero attached hydrogens (tertiary/aromatic N) is 4. The van der Waals surface area contributed by atoms with Gasteiger partial charge in [-0.3, -0.25) is 14.7 Å². The zero-order valence-electron chi connectivity index (χ0n) is 20.4. The van der Waals surface area contributed by atoms with Crippen LogP contribution in [-0.4, -0.2) is 32.8 Å². The highest BCUT2D eigenvalue weighted by Crippen LogP contribution is 2.40. The van der Waals surface area contributed by atoms with Gasteiger partial charge in [-0.05, 0) is 73.5 Å². The Morgan fingerprint density at radius 3 is 2.47 bits per heavy atom. The summed E-state index contributed by atoms with van der Waals surface area (Å²) in [6, 6.07) is 16.3. The largest absolute Gasteiger partial charge is 0.490 e. The van der Waals surface area contributed by atoms with E-state index in [4.69, 9.17) is 32.7 Å². The third kappa shape index (κ3) is 6.75. The van der Waals surface area contributed by atoms with Crippen molar-refractivity contribution >= 4 is 35.0 Å². The van der Waals surface area contributed by atoms with Crippen molar-refractivity contribution in [2.75, 3.05) is 13.2 Å². The van der Waals surface area contributed by atoms with Gasteiger partial charge in [0.25, 0.3) is 0 Å². The second-order valence-electron chi connectivity index (χ2n) is 8.14. The number of hydrogen-bond acceptors (Lipinski definition) is 7. The van der Waals surface area contributed by atoms with Crippen LogP contribution < -0.4 is 9.47 Å². The lowest BCUT2D eigenvalue weighted by Gasteiger charge is -2.17. The fourth-order valence-corrected chi connectivity index (χ4v) is 5.17. The fraction of sp³-hybridized carbons (Fsp3) is 0.231. The van der Waals surface area contributed by atoms with Gasteiger partial charge in [-0.25, -0.2) is 4.39 Å². The predicted molar refractivity (Wildman–Crippen MR) is 145 cm³/mol. The summed E-state index contributed by atoms with van der Waals surface area (Å²) in [7, 11) is 0. The monoisotopic (exact) mass is 576 g/mol. The van der Waals surface area contributed by atoms with Gasteiger partial charge in [-0.2, -0.15) is 0 Å². The van der Waals surface area contributed by atoms with Crippen molar-refractivity contribution in [3.63, 3.8) is 0 Å². The van der Waals surface area contributed by atoms with Gasteiger partial charge in [0.05, 0.1) is 16.7 Å². The minimum Gasteiger partial charge on any atom is -0.490 e. The molecule has 0 N–H and O–H groups in total. The Labute approximate surface area is 232 Å². The van der Waals surface area contributed by atoms with E-state index in [2.05, 4.69) is 10.2 Å². The lowest BCUT2D eigenvalue weighted by molar-refractivity contribution is -0.479. The van der Waals surface area contributed by atoms with Gasteiger partial charge in [0.2, 0.25) is 6.54 Å². The molecular weight excluding hydrogens is 554 g/mol. The molecule has 0 radical (unpaired) electrons. The van der Waals surface area contributed by atoms with Crippen molar-refractivity contribution in [3.05, 3.63) is 104 Å². The molecule has 0 aliphatic heterocycles. The summed E-state index contributed by atoms with van der Waals surface area (Å²) in [6.07, 6.45) is 0. The summed E-state index contributed by atoms with van der Waals surface area (Å²) in [5.41, 5.74) is 2.13. The van der Waals surface area contributed by atoms with Crippen LogP contribution in [-0.2, 0) is 6.61 Å². The van der Waals surface area contributed by atoms with Crippen molar-refractivity contribution in [2.24, 2.45) is 0 Å². The number of aryl methyl sites for hydroxylation is 1. The number of aromatic nitrogens is 3. The van der Waals surface area contributed by atoms with Crippen LogP contribution in [0.4, 0.5) is 4.39 Å². The van der Waals surface area contributed by atoms with Crippen LogP contribution in [0.25, 0.3) is 5.69 Å². The number of hydrogen-bond donors (Lipinski definition) is 0. The number of ether oxygens (including phenoxy) is 2. The first-order chi connectivity index (χ1) is 18.2. The zero-order chi connectivity index (χ0) is 27.2. The highest BCUT2D eigenvalue weighted by Gasteiger charge is 2.25. The molecule has 1 aromatic heterocycles. The lowest BCUT2D eigenvalue weighted by atomic mass is 10.1. The van der Waals surface area contributed by atoms with E-state index < -0.39 is 5.25 Å². The molecule has 8 nitrogen and oxygen atoms in total. The molecule has 1 atom stereocenters. The average Bonchev–Trinajstić information content (AvgIpc) is 3.25. The summed E-state index contributed by atoms with van der Waals surface area (Å²) in [6.45, 7) is 3.83. The summed E-state index contributed by atoms with van der Waals surface area (Å²) in [5.74, 6) is 1.14. The maximum atomic E-state index is 13.5. The molecule has 198 valence electrons. The molecule has 12 heteroatoms. The molecule has 0 unspecified atom stereocenters. The molecule has 0 fully saturated rings. The van der Waals surface area contributed by atoms with E-state index in [0.717, 1.165) is 5.56 Å². The molecule has 38 heavy (non-hydrogen) atoms. The number of thioether (sulfide) groups is 1. The fourth-order valence-electron chi connectivity index (χ4n) is 3.68. The molecule has 4 rings (SSSR count). The number of nitro groups is 1. The van der Waals surface area contributed by atoms with Crippen LogP contribution in [0.3, 0.4) is 0 Å². The molecule has 0 bridgehead atoms. The first-order valence-electron chi connectivity index (χ1n) is 11.5. The Kier molecular flexibility index (Phi) is 9.09. The molecule has 0 aliphatic carbocycles. The molecule has 0 saturated carbocycles. The number of rotatable bonds is 11. The SMILES string of the molecule is CCOc1cc([C@@H](C[N+](=O)[O-])Sc2nnc(C)n2-c2ccc(F)cc2)ccc1OCc1ccc(Cl)c(Cl)c1. The molecule has 4 aromatic rings. The second-order valence-corrected chi connectivity index (χ2v) is 10.1. The van der Waals surface area contributed by atoms with Crippen LogP contribution in [0.15, 0.2) is 65.8 Å².